The highest BCUT2D eigenvalue weighted by Gasteiger charge is 2.19. The van der Waals surface area contributed by atoms with E-state index in [1.807, 2.05) is 0 Å². The molecule has 1 unspecified atom stereocenters. The Labute approximate surface area is 94.7 Å². The molecule has 0 bridgehead atoms. The fourth-order valence-corrected chi connectivity index (χ4v) is 2.19. The summed E-state index contributed by atoms with van der Waals surface area (Å²) in [6.07, 6.45) is 0. The third kappa shape index (κ3) is 2.21. The number of nitro benzene ring substituents is 1. The Hall–Kier alpha value is -1.27. The molecule has 1 N–H and O–H groups in total. The number of nitrogens with zero attached hydrogens (tertiary/aromatic N) is 2. The van der Waals surface area contributed by atoms with Crippen molar-refractivity contribution in [2.75, 3.05) is 0 Å². The van der Waals surface area contributed by atoms with E-state index < -0.39 is 4.92 Å². The van der Waals surface area contributed by atoms with Gasteiger partial charge in [0.1, 0.15) is 5.37 Å². The summed E-state index contributed by atoms with van der Waals surface area (Å²) in [5, 5.41) is 14.2. The molecule has 0 aromatic heterocycles. The standard InChI is InChI=1S/C8H6ClN3O2S/c9-8-11-10-7(15-8)5-1-3-6(4-2-5)12(13)14/h1-4,7,10H. The van der Waals surface area contributed by atoms with E-state index in [4.69, 9.17) is 11.6 Å². The molecular formula is C8H6ClN3O2S. The van der Waals surface area contributed by atoms with Crippen molar-refractivity contribution in [3.63, 3.8) is 0 Å². The largest absolute Gasteiger partial charge is 0.290 e. The average molecular weight is 244 g/mol. The first kappa shape index (κ1) is 10.3. The fraction of sp³-hybridized carbons (Fsp3) is 0.125. The van der Waals surface area contributed by atoms with Crippen molar-refractivity contribution in [3.05, 3.63) is 39.9 Å². The molecular weight excluding hydrogens is 238 g/mol. The van der Waals surface area contributed by atoms with Crippen LogP contribution in [0, 0.1) is 10.1 Å². The van der Waals surface area contributed by atoms with Crippen molar-refractivity contribution >= 4 is 33.6 Å². The van der Waals surface area contributed by atoms with Crippen LogP contribution in [0.4, 0.5) is 5.69 Å². The van der Waals surface area contributed by atoms with Gasteiger partial charge in [-0.05, 0) is 17.7 Å². The number of thioether (sulfide) groups is 1. The lowest BCUT2D eigenvalue weighted by atomic mass is 10.2. The molecule has 1 aromatic carbocycles. The first-order valence-corrected chi connectivity index (χ1v) is 5.32. The molecule has 1 aromatic rings. The predicted molar refractivity (Wildman–Crippen MR) is 59.9 cm³/mol. The molecule has 0 spiro atoms. The van der Waals surface area contributed by atoms with Crippen LogP contribution in [0.25, 0.3) is 0 Å². The minimum atomic E-state index is -0.428. The average Bonchev–Trinajstić information content (AvgIpc) is 2.65. The normalized spacial score (nSPS) is 19.5. The van der Waals surface area contributed by atoms with Crippen LogP contribution in [0.3, 0.4) is 0 Å². The smallest absolute Gasteiger partial charge is 0.269 e. The quantitative estimate of drug-likeness (QED) is 0.640. The zero-order valence-electron chi connectivity index (χ0n) is 7.38. The number of nitrogens with one attached hydrogen (secondary N) is 1. The predicted octanol–water partition coefficient (Wildman–Crippen LogP) is 2.44. The van der Waals surface area contributed by atoms with E-state index in [0.717, 1.165) is 5.56 Å². The summed E-state index contributed by atoms with van der Waals surface area (Å²) in [6, 6.07) is 6.30. The number of hydrazone groups is 1. The minimum absolute atomic E-state index is 0.0571. The summed E-state index contributed by atoms with van der Waals surface area (Å²) in [6.45, 7) is 0. The van der Waals surface area contributed by atoms with Crippen molar-refractivity contribution in [2.24, 2.45) is 5.10 Å². The van der Waals surface area contributed by atoms with E-state index in [-0.39, 0.29) is 11.1 Å². The van der Waals surface area contributed by atoms with Crippen LogP contribution in [-0.4, -0.2) is 9.43 Å². The van der Waals surface area contributed by atoms with Crippen molar-refractivity contribution in [1.82, 2.24) is 5.43 Å². The van der Waals surface area contributed by atoms with Crippen molar-refractivity contribution in [3.8, 4) is 0 Å². The molecule has 0 saturated carbocycles. The summed E-state index contributed by atoms with van der Waals surface area (Å²) < 4.78 is 0.443. The number of benzene rings is 1. The second-order valence-corrected chi connectivity index (χ2v) is 4.52. The molecule has 0 amide bonds. The van der Waals surface area contributed by atoms with Gasteiger partial charge in [-0.2, -0.15) is 5.10 Å². The van der Waals surface area contributed by atoms with Gasteiger partial charge in [-0.1, -0.05) is 23.4 Å². The van der Waals surface area contributed by atoms with Gasteiger partial charge in [0.2, 0.25) is 0 Å². The number of hydrogen-bond donors (Lipinski definition) is 1. The fourth-order valence-electron chi connectivity index (χ4n) is 1.17. The van der Waals surface area contributed by atoms with E-state index >= 15 is 0 Å². The van der Waals surface area contributed by atoms with Gasteiger partial charge in [0.15, 0.2) is 4.50 Å². The Kier molecular flexibility index (Phi) is 2.79. The van der Waals surface area contributed by atoms with E-state index in [1.165, 1.54) is 23.9 Å². The highest BCUT2D eigenvalue weighted by molar-refractivity contribution is 8.17. The highest BCUT2D eigenvalue weighted by atomic mass is 35.5. The Morgan fingerprint density at radius 1 is 1.47 bits per heavy atom. The molecule has 2 rings (SSSR count). The topological polar surface area (TPSA) is 67.5 Å². The maximum absolute atomic E-state index is 10.4. The van der Waals surface area contributed by atoms with Crippen LogP contribution < -0.4 is 5.43 Å². The van der Waals surface area contributed by atoms with Gasteiger partial charge < -0.3 is 0 Å². The lowest BCUT2D eigenvalue weighted by Crippen LogP contribution is -2.06. The van der Waals surface area contributed by atoms with Gasteiger partial charge in [0, 0.05) is 12.1 Å². The van der Waals surface area contributed by atoms with Crippen LogP contribution in [0.1, 0.15) is 10.9 Å². The summed E-state index contributed by atoms with van der Waals surface area (Å²) in [5.74, 6) is 0. The van der Waals surface area contributed by atoms with Crippen molar-refractivity contribution in [1.29, 1.82) is 0 Å². The molecule has 5 nitrogen and oxygen atoms in total. The number of halogens is 1. The molecule has 0 saturated heterocycles. The van der Waals surface area contributed by atoms with E-state index in [0.29, 0.717) is 4.50 Å². The van der Waals surface area contributed by atoms with Gasteiger partial charge in [-0.3, -0.25) is 15.5 Å². The van der Waals surface area contributed by atoms with E-state index in [9.17, 15) is 10.1 Å². The Balaban J connectivity index is 2.14. The van der Waals surface area contributed by atoms with Gasteiger partial charge in [-0.15, -0.1) is 0 Å². The number of hydrogen-bond acceptors (Lipinski definition) is 5. The van der Waals surface area contributed by atoms with Crippen LogP contribution in [0.2, 0.25) is 0 Å². The maximum atomic E-state index is 10.4. The molecule has 0 fully saturated rings. The Morgan fingerprint density at radius 2 is 2.13 bits per heavy atom. The monoisotopic (exact) mass is 243 g/mol. The molecule has 7 heteroatoms. The van der Waals surface area contributed by atoms with Crippen LogP contribution in [0.15, 0.2) is 29.4 Å². The molecule has 1 aliphatic heterocycles. The number of rotatable bonds is 2. The summed E-state index contributed by atoms with van der Waals surface area (Å²) in [7, 11) is 0. The zero-order valence-corrected chi connectivity index (χ0v) is 8.96. The second kappa shape index (κ2) is 4.08. The van der Waals surface area contributed by atoms with E-state index in [1.54, 1.807) is 12.1 Å². The highest BCUT2D eigenvalue weighted by Crippen LogP contribution is 2.33. The first-order valence-electron chi connectivity index (χ1n) is 4.06. The van der Waals surface area contributed by atoms with Crippen molar-refractivity contribution < 1.29 is 4.92 Å². The molecule has 1 atom stereocenters. The zero-order chi connectivity index (χ0) is 10.8. The SMILES string of the molecule is O=[N+]([O-])c1ccc(C2NN=C(Cl)S2)cc1. The lowest BCUT2D eigenvalue weighted by molar-refractivity contribution is -0.384. The van der Waals surface area contributed by atoms with Gasteiger partial charge in [-0.25, -0.2) is 0 Å². The van der Waals surface area contributed by atoms with Crippen LogP contribution in [-0.2, 0) is 0 Å². The van der Waals surface area contributed by atoms with E-state index in [2.05, 4.69) is 10.5 Å². The minimum Gasteiger partial charge on any atom is -0.290 e. The Morgan fingerprint density at radius 3 is 2.60 bits per heavy atom. The first-order chi connectivity index (χ1) is 7.16. The Bertz CT molecular complexity index is 420. The third-order valence-electron chi connectivity index (χ3n) is 1.89. The second-order valence-electron chi connectivity index (χ2n) is 2.84. The number of non-ortho nitro benzene ring substituents is 1. The third-order valence-corrected chi connectivity index (χ3v) is 3.14. The molecule has 1 heterocycles. The maximum Gasteiger partial charge on any atom is 0.269 e. The number of nitro groups is 1. The molecule has 1 aliphatic rings. The van der Waals surface area contributed by atoms with Gasteiger partial charge in [0.25, 0.3) is 5.69 Å². The summed E-state index contributed by atoms with van der Waals surface area (Å²) in [4.78, 5) is 10.00. The van der Waals surface area contributed by atoms with Crippen LogP contribution in [0.5, 0.6) is 0 Å². The molecule has 0 radical (unpaired) electrons. The summed E-state index contributed by atoms with van der Waals surface area (Å²) >= 11 is 7.05. The molecule has 78 valence electrons. The molecule has 0 aliphatic carbocycles. The van der Waals surface area contributed by atoms with Crippen LogP contribution >= 0.6 is 23.4 Å². The lowest BCUT2D eigenvalue weighted by Gasteiger charge is -2.07. The van der Waals surface area contributed by atoms with Gasteiger partial charge in [0.05, 0.1) is 4.92 Å². The van der Waals surface area contributed by atoms with Crippen molar-refractivity contribution in [2.45, 2.75) is 5.37 Å². The molecule has 15 heavy (non-hydrogen) atoms. The van der Waals surface area contributed by atoms with Gasteiger partial charge >= 0.3 is 0 Å². The summed E-state index contributed by atoms with van der Waals surface area (Å²) in [5.41, 5.74) is 3.81.